The fourth-order valence-electron chi connectivity index (χ4n) is 4.20. The molecule has 4 N–H and O–H groups in total. The van der Waals surface area contributed by atoms with E-state index < -0.39 is 48.6 Å². The first-order valence-electron chi connectivity index (χ1n) is 14.0. The SMILES string of the molecule is CN1CC(COc2ccc(C#N)cn2)CC12CN(Cc1cccnc1)C2.O=C(O)C(F)(F)F.O=C(O)C(F)(F)F.O=C(O)C(F)(F)F.O=C(O)C(F)(F)F. The Bertz CT molecular complexity index is 1460. The zero-order chi connectivity index (χ0) is 42.3. The summed E-state index contributed by atoms with van der Waals surface area (Å²) in [6, 6.07) is 9.72. The van der Waals surface area contributed by atoms with Crippen molar-refractivity contribution in [2.75, 3.05) is 33.3 Å². The second-order valence-corrected chi connectivity index (χ2v) is 10.7. The van der Waals surface area contributed by atoms with Gasteiger partial charge in [-0.1, -0.05) is 6.07 Å². The molecular weight excluding hydrogens is 778 g/mol. The topological polar surface area (TPSA) is 214 Å². The third kappa shape index (κ3) is 18.3. The zero-order valence-electron chi connectivity index (χ0n) is 27.0. The lowest BCUT2D eigenvalue weighted by Gasteiger charge is -2.52. The molecule has 14 nitrogen and oxygen atoms in total. The molecule has 2 aromatic heterocycles. The molecule has 54 heavy (non-hydrogen) atoms. The Hall–Kier alpha value is -5.45. The number of likely N-dealkylation sites (tertiary alicyclic amines) is 2. The molecule has 2 aromatic rings. The number of aromatic nitrogens is 2. The summed E-state index contributed by atoms with van der Waals surface area (Å²) in [6.07, 6.45) is -13.9. The summed E-state index contributed by atoms with van der Waals surface area (Å²) in [5, 5.41) is 37.3. The molecule has 4 heterocycles. The van der Waals surface area contributed by atoms with E-state index in [2.05, 4.69) is 39.0 Å². The lowest BCUT2D eigenvalue weighted by molar-refractivity contribution is -0.193. The number of carbonyl (C=O) groups is 4. The predicted octanol–water partition coefficient (Wildman–Crippen LogP) is 4.47. The van der Waals surface area contributed by atoms with Crippen LogP contribution in [0.3, 0.4) is 0 Å². The van der Waals surface area contributed by atoms with Crippen molar-refractivity contribution in [1.29, 1.82) is 5.26 Å². The molecule has 0 radical (unpaired) electrons. The van der Waals surface area contributed by atoms with Gasteiger partial charge in [0.2, 0.25) is 5.88 Å². The van der Waals surface area contributed by atoms with Crippen LogP contribution in [0, 0.1) is 17.2 Å². The molecule has 2 fully saturated rings. The number of carboxylic acid groups (broad SMARTS) is 4. The number of nitriles is 1. The first-order valence-corrected chi connectivity index (χ1v) is 14.0. The van der Waals surface area contributed by atoms with Gasteiger partial charge in [-0.15, -0.1) is 0 Å². The summed E-state index contributed by atoms with van der Waals surface area (Å²) in [5.41, 5.74) is 2.11. The van der Waals surface area contributed by atoms with Crippen LogP contribution >= 0.6 is 0 Å². The van der Waals surface area contributed by atoms with E-state index >= 15 is 0 Å². The summed E-state index contributed by atoms with van der Waals surface area (Å²) < 4.78 is 133. The third-order valence-electron chi connectivity index (χ3n) is 6.48. The van der Waals surface area contributed by atoms with Gasteiger partial charge < -0.3 is 25.2 Å². The van der Waals surface area contributed by atoms with Gasteiger partial charge in [-0.05, 0) is 31.2 Å². The van der Waals surface area contributed by atoms with Gasteiger partial charge in [0.1, 0.15) is 6.07 Å². The molecule has 1 spiro atoms. The predicted molar refractivity (Wildman–Crippen MR) is 152 cm³/mol. The minimum Gasteiger partial charge on any atom is -0.477 e. The van der Waals surface area contributed by atoms with Crippen molar-refractivity contribution < 1.29 is 97.0 Å². The average Bonchev–Trinajstić information content (AvgIpc) is 3.36. The van der Waals surface area contributed by atoms with Gasteiger partial charge in [-0.2, -0.15) is 57.9 Å². The number of hydrogen-bond acceptors (Lipinski definition) is 10. The number of hydrogen-bond donors (Lipinski definition) is 4. The van der Waals surface area contributed by atoms with Crippen LogP contribution in [0.15, 0.2) is 42.9 Å². The maximum atomic E-state index is 10.6. The van der Waals surface area contributed by atoms with Crippen molar-refractivity contribution in [1.82, 2.24) is 19.8 Å². The van der Waals surface area contributed by atoms with Gasteiger partial charge in [-0.3, -0.25) is 14.8 Å². The molecular formula is C28H27F12N5O9. The van der Waals surface area contributed by atoms with E-state index in [-0.39, 0.29) is 5.54 Å². The van der Waals surface area contributed by atoms with Gasteiger partial charge in [-0.25, -0.2) is 24.2 Å². The number of pyridine rings is 2. The van der Waals surface area contributed by atoms with Crippen LogP contribution < -0.4 is 4.74 Å². The smallest absolute Gasteiger partial charge is 0.477 e. The van der Waals surface area contributed by atoms with Crippen molar-refractivity contribution in [3.63, 3.8) is 0 Å². The molecule has 0 amide bonds. The van der Waals surface area contributed by atoms with Crippen molar-refractivity contribution in [3.05, 3.63) is 54.0 Å². The number of ether oxygens (including phenoxy) is 1. The molecule has 26 heteroatoms. The first kappa shape index (κ1) is 48.5. The zero-order valence-corrected chi connectivity index (χ0v) is 27.0. The molecule has 0 aromatic carbocycles. The maximum absolute atomic E-state index is 10.6. The van der Waals surface area contributed by atoms with E-state index in [0.29, 0.717) is 24.0 Å². The quantitative estimate of drug-likeness (QED) is 0.307. The molecule has 0 saturated carbocycles. The lowest BCUT2D eigenvalue weighted by Crippen LogP contribution is -2.66. The number of likely N-dealkylation sites (N-methyl/N-ethyl adjacent to an activating group) is 1. The number of halogens is 12. The van der Waals surface area contributed by atoms with Crippen molar-refractivity contribution in [2.45, 2.75) is 43.2 Å². The Balaban J connectivity index is 0.000000820. The first-order chi connectivity index (χ1) is 24.4. The standard InChI is InChI=1S/C20H23N5O.4C2HF3O2/c1-24-11-18(13-26-19-5-4-16(8-21)10-23-19)7-20(24)14-25(15-20)12-17-3-2-6-22-9-17;4*3-2(4,5)1(6)7/h2-6,9-10,18H,7,11-15H2,1H3;4*(H,6,7). The van der Waals surface area contributed by atoms with Gasteiger partial charge in [0.15, 0.2) is 0 Å². The molecule has 302 valence electrons. The lowest BCUT2D eigenvalue weighted by atomic mass is 9.84. The normalized spacial score (nSPS) is 16.5. The summed E-state index contributed by atoms with van der Waals surface area (Å²) in [4.78, 5) is 48.9. The van der Waals surface area contributed by atoms with E-state index in [9.17, 15) is 52.7 Å². The fourth-order valence-corrected chi connectivity index (χ4v) is 4.20. The van der Waals surface area contributed by atoms with E-state index in [0.717, 1.165) is 32.6 Å². The van der Waals surface area contributed by atoms with Crippen LogP contribution in [0.5, 0.6) is 5.88 Å². The van der Waals surface area contributed by atoms with E-state index in [1.807, 2.05) is 18.5 Å². The average molecular weight is 806 g/mol. The van der Waals surface area contributed by atoms with Crippen molar-refractivity contribution in [2.24, 2.45) is 5.92 Å². The second-order valence-electron chi connectivity index (χ2n) is 10.7. The second kappa shape index (κ2) is 20.1. The molecule has 4 rings (SSSR count). The highest BCUT2D eigenvalue weighted by Gasteiger charge is 2.51. The summed E-state index contributed by atoms with van der Waals surface area (Å²) in [5.74, 6) is -9.92. The minimum atomic E-state index is -5.08. The van der Waals surface area contributed by atoms with E-state index in [1.165, 1.54) is 5.56 Å². The minimum absolute atomic E-state index is 0.286. The Morgan fingerprint density at radius 3 is 1.59 bits per heavy atom. The number of rotatable bonds is 5. The highest BCUT2D eigenvalue weighted by molar-refractivity contribution is 5.74. The van der Waals surface area contributed by atoms with Crippen molar-refractivity contribution in [3.8, 4) is 11.9 Å². The van der Waals surface area contributed by atoms with Gasteiger partial charge in [0, 0.05) is 62.3 Å². The van der Waals surface area contributed by atoms with Crippen LogP contribution in [0.2, 0.25) is 0 Å². The van der Waals surface area contributed by atoms with Crippen LogP contribution in [0.4, 0.5) is 52.7 Å². The number of nitrogens with zero attached hydrogens (tertiary/aromatic N) is 5. The number of aliphatic carboxylic acids is 4. The highest BCUT2D eigenvalue weighted by atomic mass is 19.4. The molecule has 0 aliphatic carbocycles. The molecule has 1 unspecified atom stereocenters. The number of alkyl halides is 12. The van der Waals surface area contributed by atoms with Crippen LogP contribution in [-0.2, 0) is 25.7 Å². The molecule has 2 aliphatic rings. The van der Waals surface area contributed by atoms with Crippen LogP contribution in [0.1, 0.15) is 17.5 Å². The maximum Gasteiger partial charge on any atom is 0.490 e. The van der Waals surface area contributed by atoms with Gasteiger partial charge in [0.05, 0.1) is 12.2 Å². The largest absolute Gasteiger partial charge is 0.490 e. The summed E-state index contributed by atoms with van der Waals surface area (Å²) >= 11 is 0. The van der Waals surface area contributed by atoms with Crippen LogP contribution in [0.25, 0.3) is 0 Å². The fraction of sp³-hybridized carbons (Fsp3) is 0.464. The molecule has 2 aliphatic heterocycles. The Morgan fingerprint density at radius 1 is 0.815 bits per heavy atom. The Morgan fingerprint density at radius 2 is 1.26 bits per heavy atom. The Kier molecular flexibility index (Phi) is 18.1. The monoisotopic (exact) mass is 805 g/mol. The van der Waals surface area contributed by atoms with Crippen LogP contribution in [-0.4, -0.2) is 128 Å². The molecule has 2 saturated heterocycles. The molecule has 0 bridgehead atoms. The molecule has 1 atom stereocenters. The summed E-state index contributed by atoms with van der Waals surface area (Å²) in [6.45, 7) is 4.90. The Labute approximate surface area is 294 Å². The summed E-state index contributed by atoms with van der Waals surface area (Å²) in [7, 11) is 2.22. The van der Waals surface area contributed by atoms with Crippen molar-refractivity contribution >= 4 is 23.9 Å². The van der Waals surface area contributed by atoms with Gasteiger partial charge in [0.25, 0.3) is 0 Å². The highest BCUT2D eigenvalue weighted by Crippen LogP contribution is 2.40. The van der Waals surface area contributed by atoms with E-state index in [1.54, 1.807) is 18.3 Å². The van der Waals surface area contributed by atoms with Gasteiger partial charge >= 0.3 is 48.6 Å². The third-order valence-corrected chi connectivity index (χ3v) is 6.48. The van der Waals surface area contributed by atoms with E-state index in [4.69, 9.17) is 49.6 Å². The number of carboxylic acids is 4.